The number of pyridine rings is 1. The fourth-order valence-corrected chi connectivity index (χ4v) is 3.23. The van der Waals surface area contributed by atoms with E-state index >= 15 is 0 Å². The highest BCUT2D eigenvalue weighted by molar-refractivity contribution is 7.92. The summed E-state index contributed by atoms with van der Waals surface area (Å²) in [5.41, 5.74) is 0.731. The second-order valence-electron chi connectivity index (χ2n) is 6.20. The molecule has 1 aromatic carbocycles. The number of amides is 1. The van der Waals surface area contributed by atoms with Crippen LogP contribution in [-0.4, -0.2) is 44.8 Å². The molecule has 2 aromatic rings. The molecule has 0 unspecified atom stereocenters. The van der Waals surface area contributed by atoms with E-state index in [9.17, 15) is 13.2 Å². The van der Waals surface area contributed by atoms with E-state index in [-0.39, 0.29) is 17.9 Å². The Bertz CT molecular complexity index is 893. The zero-order valence-electron chi connectivity index (χ0n) is 14.8. The highest BCUT2D eigenvalue weighted by Crippen LogP contribution is 2.24. The molecule has 0 aliphatic carbocycles. The van der Waals surface area contributed by atoms with Crippen molar-refractivity contribution in [3.63, 3.8) is 0 Å². The van der Waals surface area contributed by atoms with E-state index in [1.54, 1.807) is 36.4 Å². The molecule has 0 radical (unpaired) electrons. The van der Waals surface area contributed by atoms with Crippen LogP contribution >= 0.6 is 0 Å². The molecule has 8 nitrogen and oxygen atoms in total. The molecule has 1 atom stereocenters. The lowest BCUT2D eigenvalue weighted by Gasteiger charge is -2.13. The maximum Gasteiger partial charge on any atom is 0.256 e. The quantitative estimate of drug-likeness (QED) is 0.749. The van der Waals surface area contributed by atoms with Crippen LogP contribution in [0, 0.1) is 0 Å². The lowest BCUT2D eigenvalue weighted by atomic mass is 10.2. The third-order valence-electron chi connectivity index (χ3n) is 3.90. The van der Waals surface area contributed by atoms with Gasteiger partial charge in [0.15, 0.2) is 0 Å². The number of nitrogens with zero attached hydrogens (tertiary/aromatic N) is 1. The Morgan fingerprint density at radius 3 is 2.74 bits per heavy atom. The summed E-state index contributed by atoms with van der Waals surface area (Å²) in [6, 6.07) is 9.61. The second-order valence-corrected chi connectivity index (χ2v) is 7.95. The number of hydrogen-bond donors (Lipinski definition) is 2. The van der Waals surface area contributed by atoms with Gasteiger partial charge in [-0.25, -0.2) is 13.4 Å². The van der Waals surface area contributed by atoms with Crippen molar-refractivity contribution >= 4 is 21.6 Å². The van der Waals surface area contributed by atoms with E-state index in [1.165, 1.54) is 6.20 Å². The van der Waals surface area contributed by atoms with Crippen molar-refractivity contribution in [1.29, 1.82) is 0 Å². The minimum absolute atomic E-state index is 0.0462. The Balaban J connectivity index is 1.67. The van der Waals surface area contributed by atoms with Gasteiger partial charge in [-0.2, -0.15) is 0 Å². The van der Waals surface area contributed by atoms with Crippen LogP contribution in [0.1, 0.15) is 23.2 Å². The van der Waals surface area contributed by atoms with Crippen LogP contribution in [-0.2, 0) is 14.8 Å². The Kier molecular flexibility index (Phi) is 5.92. The standard InChI is InChI=1S/C18H21N3O5S/c1-27(23,24)21-13-6-8-14(9-7-13)26-18-16(5-2-10-19-18)17(22)20-12-15-4-3-11-25-15/h2,5-10,15,21H,3-4,11-12H2,1H3,(H,20,22)/t15-/m0/s1. The molecule has 9 heteroatoms. The molecule has 1 fully saturated rings. The molecule has 2 N–H and O–H groups in total. The summed E-state index contributed by atoms with van der Waals surface area (Å²) in [6.45, 7) is 1.17. The summed E-state index contributed by atoms with van der Waals surface area (Å²) in [7, 11) is -3.35. The Morgan fingerprint density at radius 1 is 1.30 bits per heavy atom. The van der Waals surface area contributed by atoms with Crippen LogP contribution in [0.5, 0.6) is 11.6 Å². The average Bonchev–Trinajstić information content (AvgIpc) is 3.14. The minimum Gasteiger partial charge on any atom is -0.438 e. The van der Waals surface area contributed by atoms with E-state index < -0.39 is 10.0 Å². The summed E-state index contributed by atoms with van der Waals surface area (Å²) in [6.07, 6.45) is 4.60. The predicted molar refractivity (Wildman–Crippen MR) is 101 cm³/mol. The summed E-state index contributed by atoms with van der Waals surface area (Å²) in [4.78, 5) is 16.6. The Morgan fingerprint density at radius 2 is 2.07 bits per heavy atom. The normalized spacial score (nSPS) is 16.7. The third-order valence-corrected chi connectivity index (χ3v) is 4.51. The first-order chi connectivity index (χ1) is 12.9. The molecular weight excluding hydrogens is 370 g/mol. The molecule has 1 aliphatic heterocycles. The maximum atomic E-state index is 12.5. The minimum atomic E-state index is -3.35. The van der Waals surface area contributed by atoms with Crippen molar-refractivity contribution in [3.8, 4) is 11.6 Å². The van der Waals surface area contributed by atoms with Gasteiger partial charge in [0.2, 0.25) is 15.9 Å². The fourth-order valence-electron chi connectivity index (χ4n) is 2.67. The smallest absolute Gasteiger partial charge is 0.256 e. The fraction of sp³-hybridized carbons (Fsp3) is 0.333. The predicted octanol–water partition coefficient (Wildman–Crippen LogP) is 2.15. The molecule has 1 aliphatic rings. The number of carbonyl (C=O) groups excluding carboxylic acids is 1. The van der Waals surface area contributed by atoms with Gasteiger partial charge in [-0.05, 0) is 49.2 Å². The molecule has 0 spiro atoms. The van der Waals surface area contributed by atoms with Gasteiger partial charge in [0, 0.05) is 25.0 Å². The molecule has 3 rings (SSSR count). The lowest BCUT2D eigenvalue weighted by Crippen LogP contribution is -2.32. The Labute approximate surface area is 158 Å². The van der Waals surface area contributed by atoms with Gasteiger partial charge in [-0.15, -0.1) is 0 Å². The molecule has 0 saturated carbocycles. The number of aromatic nitrogens is 1. The van der Waals surface area contributed by atoms with Crippen LogP contribution in [0.15, 0.2) is 42.6 Å². The summed E-state index contributed by atoms with van der Waals surface area (Å²) in [5, 5.41) is 2.84. The summed E-state index contributed by atoms with van der Waals surface area (Å²) < 4.78 is 36.1. The van der Waals surface area contributed by atoms with Crippen molar-refractivity contribution < 1.29 is 22.7 Å². The zero-order chi connectivity index (χ0) is 19.3. The summed E-state index contributed by atoms with van der Waals surface area (Å²) in [5.74, 6) is 0.316. The van der Waals surface area contributed by atoms with Crippen LogP contribution in [0.3, 0.4) is 0 Å². The number of anilines is 1. The summed E-state index contributed by atoms with van der Waals surface area (Å²) >= 11 is 0. The molecule has 1 saturated heterocycles. The number of benzene rings is 1. The molecule has 27 heavy (non-hydrogen) atoms. The zero-order valence-corrected chi connectivity index (χ0v) is 15.7. The number of ether oxygens (including phenoxy) is 2. The number of nitrogens with one attached hydrogen (secondary N) is 2. The third kappa shape index (κ3) is 5.66. The second kappa shape index (κ2) is 8.36. The topological polar surface area (TPSA) is 107 Å². The van der Waals surface area contributed by atoms with E-state index in [0.717, 1.165) is 25.7 Å². The molecule has 1 amide bonds. The SMILES string of the molecule is CS(=O)(=O)Nc1ccc(Oc2ncccc2C(=O)NC[C@@H]2CCCO2)cc1. The molecule has 2 heterocycles. The molecule has 0 bridgehead atoms. The van der Waals surface area contributed by atoms with Crippen molar-refractivity contribution in [2.75, 3.05) is 24.1 Å². The largest absolute Gasteiger partial charge is 0.438 e. The molecule has 1 aromatic heterocycles. The van der Waals surface area contributed by atoms with Crippen LogP contribution in [0.25, 0.3) is 0 Å². The van der Waals surface area contributed by atoms with Crippen molar-refractivity contribution in [3.05, 3.63) is 48.2 Å². The van der Waals surface area contributed by atoms with E-state index in [1.807, 2.05) is 0 Å². The first-order valence-corrected chi connectivity index (χ1v) is 10.4. The van der Waals surface area contributed by atoms with Crippen molar-refractivity contribution in [2.45, 2.75) is 18.9 Å². The highest BCUT2D eigenvalue weighted by atomic mass is 32.2. The van der Waals surface area contributed by atoms with Crippen LogP contribution in [0.2, 0.25) is 0 Å². The first kappa shape index (κ1) is 19.1. The number of hydrogen-bond acceptors (Lipinski definition) is 6. The van der Waals surface area contributed by atoms with E-state index in [2.05, 4.69) is 15.0 Å². The van der Waals surface area contributed by atoms with Gasteiger partial charge >= 0.3 is 0 Å². The number of sulfonamides is 1. The lowest BCUT2D eigenvalue weighted by molar-refractivity contribution is 0.0855. The highest BCUT2D eigenvalue weighted by Gasteiger charge is 2.19. The van der Waals surface area contributed by atoms with Gasteiger partial charge in [0.05, 0.1) is 12.4 Å². The van der Waals surface area contributed by atoms with Crippen LogP contribution in [0.4, 0.5) is 5.69 Å². The van der Waals surface area contributed by atoms with Gasteiger partial charge in [-0.3, -0.25) is 9.52 Å². The molecular formula is C18H21N3O5S. The van der Waals surface area contributed by atoms with Gasteiger partial charge in [-0.1, -0.05) is 0 Å². The van der Waals surface area contributed by atoms with Gasteiger partial charge in [0.25, 0.3) is 5.91 Å². The maximum absolute atomic E-state index is 12.5. The van der Waals surface area contributed by atoms with Crippen molar-refractivity contribution in [1.82, 2.24) is 10.3 Å². The van der Waals surface area contributed by atoms with E-state index in [0.29, 0.717) is 23.5 Å². The van der Waals surface area contributed by atoms with Gasteiger partial charge in [0.1, 0.15) is 11.3 Å². The van der Waals surface area contributed by atoms with E-state index in [4.69, 9.17) is 9.47 Å². The Hall–Kier alpha value is -2.65. The van der Waals surface area contributed by atoms with Gasteiger partial charge < -0.3 is 14.8 Å². The number of carbonyl (C=O) groups is 1. The average molecular weight is 391 g/mol. The molecule has 144 valence electrons. The van der Waals surface area contributed by atoms with Crippen LogP contribution < -0.4 is 14.8 Å². The monoisotopic (exact) mass is 391 g/mol. The van der Waals surface area contributed by atoms with Crippen molar-refractivity contribution in [2.24, 2.45) is 0 Å². The number of rotatable bonds is 7. The first-order valence-electron chi connectivity index (χ1n) is 8.51.